The number of hydrogen-bond acceptors (Lipinski definition) is 7. The molecule has 0 aromatic heterocycles. The van der Waals surface area contributed by atoms with Gasteiger partial charge in [0.15, 0.2) is 0 Å². The Kier molecular flexibility index (Phi) is 5.82. The van der Waals surface area contributed by atoms with E-state index in [4.69, 9.17) is 0 Å². The van der Waals surface area contributed by atoms with Crippen LogP contribution in [-0.2, 0) is 29.3 Å². The van der Waals surface area contributed by atoms with Crippen molar-refractivity contribution >= 4 is 6.22 Å². The zero-order valence-electron chi connectivity index (χ0n) is 7.88. The molecule has 0 heterocycles. The first-order valence-electron chi connectivity index (χ1n) is 3.44. The molecule has 0 aliphatic rings. The Hall–Kier alpha value is -1.29. The van der Waals surface area contributed by atoms with Crippen molar-refractivity contribution in [1.82, 2.24) is 0 Å². The van der Waals surface area contributed by atoms with Gasteiger partial charge in [-0.15, -0.1) is 54.7 Å². The average molecular weight is 312 g/mol. The summed E-state index contributed by atoms with van der Waals surface area (Å²) in [4.78, 5) is 23.4. The SMILES string of the molecule is O=C(F)OOC(F)(F)OOC(F)(F)OOC(F)(F)F. The van der Waals surface area contributed by atoms with Crippen LogP contribution in [0.3, 0.4) is 0 Å². The highest BCUT2D eigenvalue weighted by molar-refractivity contribution is 5.56. The third kappa shape index (κ3) is 10.3. The number of hydrogen-bond donors (Lipinski definition) is 0. The van der Waals surface area contributed by atoms with Crippen LogP contribution in [0, 0.1) is 0 Å². The van der Waals surface area contributed by atoms with Crippen molar-refractivity contribution in [1.29, 1.82) is 0 Å². The minimum absolute atomic E-state index is 2.07. The lowest BCUT2D eigenvalue weighted by atomic mass is 11.3. The fourth-order valence-corrected chi connectivity index (χ4v) is 0.302. The Morgan fingerprint density at radius 1 is 0.684 bits per heavy atom. The maximum atomic E-state index is 12.1. The zero-order valence-corrected chi connectivity index (χ0v) is 7.88. The molecule has 0 N–H and O–H groups in total. The predicted molar refractivity (Wildman–Crippen MR) is 29.0 cm³/mol. The predicted octanol–water partition coefficient (Wildman–Crippen LogP) is 2.54. The molecular formula is C4F8O7. The van der Waals surface area contributed by atoms with Crippen LogP contribution >= 0.6 is 0 Å². The summed E-state index contributed by atoms with van der Waals surface area (Å²) in [5, 5.41) is 0. The minimum atomic E-state index is -5.70. The van der Waals surface area contributed by atoms with Gasteiger partial charge in [-0.25, -0.2) is 4.79 Å². The number of carbonyl (C=O) groups excluding carboxylic acids is 1. The van der Waals surface area contributed by atoms with Crippen LogP contribution in [0.1, 0.15) is 0 Å². The van der Waals surface area contributed by atoms with E-state index in [0.717, 1.165) is 0 Å². The van der Waals surface area contributed by atoms with Gasteiger partial charge >= 0.3 is 25.2 Å². The van der Waals surface area contributed by atoms with Crippen molar-refractivity contribution < 1.29 is 69.2 Å². The van der Waals surface area contributed by atoms with E-state index in [-0.39, 0.29) is 0 Å². The summed E-state index contributed by atoms with van der Waals surface area (Å²) in [6.07, 6.45) is -19.4. The summed E-state index contributed by atoms with van der Waals surface area (Å²) in [6, 6.07) is 0. The van der Waals surface area contributed by atoms with Crippen molar-refractivity contribution in [3.05, 3.63) is 0 Å². The number of carbonyl (C=O) groups is 1. The Morgan fingerprint density at radius 2 is 1.05 bits per heavy atom. The van der Waals surface area contributed by atoms with Crippen LogP contribution in [0.5, 0.6) is 0 Å². The molecule has 0 aliphatic heterocycles. The maximum absolute atomic E-state index is 12.1. The molecule has 0 fully saturated rings. The monoisotopic (exact) mass is 312 g/mol. The normalized spacial score (nSPS) is 13.5. The molecule has 0 aliphatic carbocycles. The largest absolute Gasteiger partial charge is 0.549 e. The summed E-state index contributed by atoms with van der Waals surface area (Å²) < 4.78 is 93.4. The molecule has 0 bridgehead atoms. The van der Waals surface area contributed by atoms with Gasteiger partial charge < -0.3 is 0 Å². The smallest absolute Gasteiger partial charge is 0.257 e. The molecule has 0 spiro atoms. The third-order valence-corrected chi connectivity index (χ3v) is 0.673. The molecule has 19 heavy (non-hydrogen) atoms. The van der Waals surface area contributed by atoms with E-state index in [0.29, 0.717) is 0 Å². The Bertz CT molecular complexity index is 302. The summed E-state index contributed by atoms with van der Waals surface area (Å²) in [6.45, 7) is 0. The van der Waals surface area contributed by atoms with E-state index in [1.54, 1.807) is 0 Å². The van der Waals surface area contributed by atoms with Crippen LogP contribution in [-0.4, -0.2) is 25.2 Å². The Labute approximate surface area is 95.8 Å². The lowest BCUT2D eigenvalue weighted by Crippen LogP contribution is -2.34. The highest BCUT2D eigenvalue weighted by Gasteiger charge is 2.47. The molecular weight excluding hydrogens is 312 g/mol. The topological polar surface area (TPSA) is 72.5 Å². The van der Waals surface area contributed by atoms with Gasteiger partial charge in [0.1, 0.15) is 0 Å². The lowest BCUT2D eigenvalue weighted by Gasteiger charge is -2.17. The van der Waals surface area contributed by atoms with Crippen molar-refractivity contribution in [2.24, 2.45) is 0 Å². The molecule has 7 nitrogen and oxygen atoms in total. The molecule has 0 saturated carbocycles. The van der Waals surface area contributed by atoms with Gasteiger partial charge in [0.05, 0.1) is 0 Å². The van der Waals surface area contributed by atoms with Gasteiger partial charge in [-0.2, -0.15) is 0 Å². The van der Waals surface area contributed by atoms with Gasteiger partial charge in [0, 0.05) is 0 Å². The van der Waals surface area contributed by atoms with Gasteiger partial charge in [0.2, 0.25) is 0 Å². The zero-order chi connectivity index (χ0) is 15.3. The number of rotatable bonds is 7. The Morgan fingerprint density at radius 3 is 1.42 bits per heavy atom. The van der Waals surface area contributed by atoms with Crippen molar-refractivity contribution in [3.63, 3.8) is 0 Å². The fourth-order valence-electron chi connectivity index (χ4n) is 0.302. The molecule has 0 radical (unpaired) electrons. The molecule has 0 atom stereocenters. The molecule has 0 aromatic rings. The van der Waals surface area contributed by atoms with Crippen LogP contribution < -0.4 is 0 Å². The standard InChI is InChI=1S/C4F8O7/c5-1(13)14-16-3(9,10)18-19-4(11,12)17-15-2(6,7)8. The highest BCUT2D eigenvalue weighted by atomic mass is 19.4. The van der Waals surface area contributed by atoms with E-state index in [1.165, 1.54) is 0 Å². The maximum Gasteiger partial charge on any atom is 0.549 e. The van der Waals surface area contributed by atoms with E-state index < -0.39 is 25.2 Å². The van der Waals surface area contributed by atoms with Crippen molar-refractivity contribution in [3.8, 4) is 0 Å². The molecule has 15 heteroatoms. The first-order valence-corrected chi connectivity index (χ1v) is 3.44. The first kappa shape index (κ1) is 17.7. The van der Waals surface area contributed by atoms with Crippen LogP contribution in [0.2, 0.25) is 0 Å². The molecule has 0 amide bonds. The lowest BCUT2D eigenvalue weighted by molar-refractivity contribution is -0.681. The summed E-state index contributed by atoms with van der Waals surface area (Å²) >= 11 is 0. The molecule has 0 rings (SSSR count). The fraction of sp³-hybridized carbons (Fsp3) is 0.750. The molecule has 114 valence electrons. The summed E-state index contributed by atoms with van der Waals surface area (Å²) in [5.41, 5.74) is 0. The second-order valence-electron chi connectivity index (χ2n) is 2.11. The van der Waals surface area contributed by atoms with E-state index in [2.05, 4.69) is 29.3 Å². The Balaban J connectivity index is 4.17. The van der Waals surface area contributed by atoms with E-state index >= 15 is 0 Å². The molecule has 0 aromatic carbocycles. The van der Waals surface area contributed by atoms with Gasteiger partial charge in [-0.1, -0.05) is 4.89 Å². The second-order valence-corrected chi connectivity index (χ2v) is 2.11. The summed E-state index contributed by atoms with van der Waals surface area (Å²) in [7, 11) is 0. The van der Waals surface area contributed by atoms with Crippen LogP contribution in [0.15, 0.2) is 0 Å². The third-order valence-electron chi connectivity index (χ3n) is 0.673. The van der Waals surface area contributed by atoms with E-state index in [1.807, 2.05) is 0 Å². The van der Waals surface area contributed by atoms with Crippen molar-refractivity contribution in [2.45, 2.75) is 19.0 Å². The van der Waals surface area contributed by atoms with Crippen molar-refractivity contribution in [2.75, 3.05) is 0 Å². The van der Waals surface area contributed by atoms with Crippen LogP contribution in [0.4, 0.5) is 39.9 Å². The first-order chi connectivity index (χ1) is 8.33. The van der Waals surface area contributed by atoms with Gasteiger partial charge in [0.25, 0.3) is 0 Å². The summed E-state index contributed by atoms with van der Waals surface area (Å²) in [5.74, 6) is 0. The number of halogens is 8. The van der Waals surface area contributed by atoms with Crippen LogP contribution in [0.25, 0.3) is 0 Å². The second kappa shape index (κ2) is 6.24. The minimum Gasteiger partial charge on any atom is -0.257 e. The molecule has 0 unspecified atom stereocenters. The quantitative estimate of drug-likeness (QED) is 0.235. The van der Waals surface area contributed by atoms with Gasteiger partial charge in [-0.05, 0) is 0 Å². The molecule has 0 saturated heterocycles. The van der Waals surface area contributed by atoms with Gasteiger partial charge in [-0.3, -0.25) is 4.89 Å². The van der Waals surface area contributed by atoms with E-state index in [9.17, 15) is 39.9 Å². The average Bonchev–Trinajstić information content (AvgIpc) is 2.21. The highest BCUT2D eigenvalue weighted by Crippen LogP contribution is 2.28. The number of alkyl halides is 7.